The van der Waals surface area contributed by atoms with Crippen LogP contribution in [0.4, 0.5) is 0 Å². The van der Waals surface area contributed by atoms with Crippen molar-refractivity contribution < 1.29 is 4.74 Å². The van der Waals surface area contributed by atoms with Crippen LogP contribution in [0.2, 0.25) is 0 Å². The summed E-state index contributed by atoms with van der Waals surface area (Å²) in [5.41, 5.74) is 6.01. The predicted octanol–water partition coefficient (Wildman–Crippen LogP) is 0.909. The minimum absolute atomic E-state index is 0.221. The fourth-order valence-electron chi connectivity index (χ4n) is 3.61. The Morgan fingerprint density at radius 2 is 2.17 bits per heavy atom. The number of nitrogens with two attached hydrogens (primary N) is 1. The zero-order chi connectivity index (χ0) is 13.2. The molecule has 2 fully saturated rings. The van der Waals surface area contributed by atoms with E-state index in [1.807, 2.05) is 0 Å². The number of nitrogens with zero attached hydrogens (tertiary/aromatic N) is 2. The lowest BCUT2D eigenvalue weighted by molar-refractivity contribution is -0.0477. The highest BCUT2D eigenvalue weighted by molar-refractivity contribution is 4.96. The third-order valence-corrected chi connectivity index (χ3v) is 4.32. The summed E-state index contributed by atoms with van der Waals surface area (Å²) < 4.78 is 5.82. The molecule has 2 aliphatic rings. The van der Waals surface area contributed by atoms with Gasteiger partial charge in [0.15, 0.2) is 0 Å². The fourth-order valence-corrected chi connectivity index (χ4v) is 3.61. The number of hydrogen-bond donors (Lipinski definition) is 1. The van der Waals surface area contributed by atoms with Gasteiger partial charge in [-0.2, -0.15) is 0 Å². The second-order valence-electron chi connectivity index (χ2n) is 6.53. The van der Waals surface area contributed by atoms with Gasteiger partial charge in [0.2, 0.25) is 0 Å². The third kappa shape index (κ3) is 3.23. The SMILES string of the molecule is CN1CC(CCN)N(CC2CCCO2)C(C)(C)C1. The molecule has 106 valence electrons. The molecule has 2 unspecified atom stereocenters. The van der Waals surface area contributed by atoms with E-state index in [-0.39, 0.29) is 5.54 Å². The minimum Gasteiger partial charge on any atom is -0.377 e. The normalized spacial score (nSPS) is 34.0. The van der Waals surface area contributed by atoms with Crippen LogP contribution < -0.4 is 5.73 Å². The maximum Gasteiger partial charge on any atom is 0.0703 e. The van der Waals surface area contributed by atoms with Gasteiger partial charge in [-0.1, -0.05) is 0 Å². The second-order valence-corrected chi connectivity index (χ2v) is 6.53. The van der Waals surface area contributed by atoms with E-state index in [1.54, 1.807) is 0 Å². The molecule has 0 spiro atoms. The van der Waals surface area contributed by atoms with Crippen LogP contribution in [-0.2, 0) is 4.74 Å². The summed E-state index contributed by atoms with van der Waals surface area (Å²) >= 11 is 0. The van der Waals surface area contributed by atoms with Crippen molar-refractivity contribution in [2.45, 2.75) is 50.8 Å². The van der Waals surface area contributed by atoms with Gasteiger partial charge in [-0.05, 0) is 46.7 Å². The van der Waals surface area contributed by atoms with Crippen molar-refractivity contribution in [2.75, 3.05) is 39.8 Å². The molecule has 2 atom stereocenters. The van der Waals surface area contributed by atoms with E-state index in [4.69, 9.17) is 10.5 Å². The average molecular weight is 255 g/mol. The first-order chi connectivity index (χ1) is 8.53. The Balaban J connectivity index is 2.04. The molecule has 0 bridgehead atoms. The van der Waals surface area contributed by atoms with Crippen LogP contribution in [0.5, 0.6) is 0 Å². The van der Waals surface area contributed by atoms with Gasteiger partial charge in [0.05, 0.1) is 6.10 Å². The van der Waals surface area contributed by atoms with Crippen molar-refractivity contribution >= 4 is 0 Å². The lowest BCUT2D eigenvalue weighted by Crippen LogP contribution is -2.64. The Kier molecular flexibility index (Phi) is 4.64. The summed E-state index contributed by atoms with van der Waals surface area (Å²) in [5.74, 6) is 0. The fraction of sp³-hybridized carbons (Fsp3) is 1.00. The Morgan fingerprint density at radius 1 is 1.39 bits per heavy atom. The van der Waals surface area contributed by atoms with Crippen LogP contribution in [-0.4, -0.2) is 67.3 Å². The molecule has 2 N–H and O–H groups in total. The first-order valence-corrected chi connectivity index (χ1v) is 7.30. The molecule has 18 heavy (non-hydrogen) atoms. The van der Waals surface area contributed by atoms with Crippen molar-refractivity contribution in [2.24, 2.45) is 5.73 Å². The number of hydrogen-bond acceptors (Lipinski definition) is 4. The predicted molar refractivity (Wildman–Crippen MR) is 74.7 cm³/mol. The molecule has 4 heteroatoms. The molecule has 0 amide bonds. The highest BCUT2D eigenvalue weighted by atomic mass is 16.5. The number of piperazine rings is 1. The smallest absolute Gasteiger partial charge is 0.0703 e. The van der Waals surface area contributed by atoms with Gasteiger partial charge >= 0.3 is 0 Å². The van der Waals surface area contributed by atoms with E-state index in [0.29, 0.717) is 12.1 Å². The van der Waals surface area contributed by atoms with Gasteiger partial charge < -0.3 is 15.4 Å². The molecule has 2 saturated heterocycles. The number of rotatable bonds is 4. The largest absolute Gasteiger partial charge is 0.377 e. The molecule has 0 radical (unpaired) electrons. The molecule has 2 aliphatic heterocycles. The van der Waals surface area contributed by atoms with Gasteiger partial charge in [-0.25, -0.2) is 0 Å². The molecule has 4 nitrogen and oxygen atoms in total. The Bertz CT molecular complexity index is 264. The molecular formula is C14H29N3O. The zero-order valence-corrected chi connectivity index (χ0v) is 12.2. The van der Waals surface area contributed by atoms with Gasteiger partial charge in [-0.15, -0.1) is 0 Å². The molecule has 0 aromatic carbocycles. The summed E-state index contributed by atoms with van der Waals surface area (Å²) in [6, 6.07) is 0.577. The van der Waals surface area contributed by atoms with Crippen LogP contribution in [0.3, 0.4) is 0 Å². The summed E-state index contributed by atoms with van der Waals surface area (Å²) in [6.45, 7) is 9.75. The van der Waals surface area contributed by atoms with E-state index < -0.39 is 0 Å². The monoisotopic (exact) mass is 255 g/mol. The highest BCUT2D eigenvalue weighted by Crippen LogP contribution is 2.28. The van der Waals surface area contributed by atoms with E-state index >= 15 is 0 Å². The molecular weight excluding hydrogens is 226 g/mol. The second kappa shape index (κ2) is 5.87. The quantitative estimate of drug-likeness (QED) is 0.811. The topological polar surface area (TPSA) is 41.7 Å². The Labute approximate surface area is 111 Å². The van der Waals surface area contributed by atoms with Crippen molar-refractivity contribution in [3.05, 3.63) is 0 Å². The van der Waals surface area contributed by atoms with Gasteiger partial charge in [0.1, 0.15) is 0 Å². The molecule has 2 heterocycles. The summed E-state index contributed by atoms with van der Waals surface area (Å²) in [5, 5.41) is 0. The van der Waals surface area contributed by atoms with Crippen LogP contribution in [0.1, 0.15) is 33.1 Å². The van der Waals surface area contributed by atoms with Crippen molar-refractivity contribution in [3.8, 4) is 0 Å². The summed E-state index contributed by atoms with van der Waals surface area (Å²) in [4.78, 5) is 5.09. The average Bonchev–Trinajstić information content (AvgIpc) is 2.75. The number of likely N-dealkylation sites (N-methyl/N-ethyl adjacent to an activating group) is 1. The van der Waals surface area contributed by atoms with Crippen LogP contribution in [0.15, 0.2) is 0 Å². The van der Waals surface area contributed by atoms with Gasteiger partial charge in [0.25, 0.3) is 0 Å². The van der Waals surface area contributed by atoms with E-state index in [9.17, 15) is 0 Å². The third-order valence-electron chi connectivity index (χ3n) is 4.32. The molecule has 0 aromatic rings. The van der Waals surface area contributed by atoms with Crippen molar-refractivity contribution in [3.63, 3.8) is 0 Å². The molecule has 0 saturated carbocycles. The lowest BCUT2D eigenvalue weighted by Gasteiger charge is -2.52. The first kappa shape index (κ1) is 14.3. The van der Waals surface area contributed by atoms with Crippen molar-refractivity contribution in [1.82, 2.24) is 9.80 Å². The highest BCUT2D eigenvalue weighted by Gasteiger charge is 2.39. The van der Waals surface area contributed by atoms with Gasteiger partial charge in [0, 0.05) is 37.8 Å². The van der Waals surface area contributed by atoms with Crippen LogP contribution in [0, 0.1) is 0 Å². The molecule has 0 aromatic heterocycles. The van der Waals surface area contributed by atoms with E-state index in [2.05, 4.69) is 30.7 Å². The van der Waals surface area contributed by atoms with E-state index in [0.717, 1.165) is 39.2 Å². The Morgan fingerprint density at radius 3 is 2.78 bits per heavy atom. The standard InChI is InChI=1S/C14H29N3O/c1-14(2)11-16(3)9-12(6-7-15)17(14)10-13-5-4-8-18-13/h12-13H,4-11,15H2,1-3H3. The minimum atomic E-state index is 0.221. The Hall–Kier alpha value is -0.160. The maximum atomic E-state index is 5.82. The number of ether oxygens (including phenoxy) is 1. The lowest BCUT2D eigenvalue weighted by atomic mass is 9.92. The summed E-state index contributed by atoms with van der Waals surface area (Å²) in [7, 11) is 2.22. The maximum absolute atomic E-state index is 5.82. The van der Waals surface area contributed by atoms with Crippen LogP contribution in [0.25, 0.3) is 0 Å². The zero-order valence-electron chi connectivity index (χ0n) is 12.2. The van der Waals surface area contributed by atoms with Gasteiger partial charge in [-0.3, -0.25) is 4.90 Å². The van der Waals surface area contributed by atoms with Crippen molar-refractivity contribution in [1.29, 1.82) is 0 Å². The van der Waals surface area contributed by atoms with E-state index in [1.165, 1.54) is 12.8 Å². The first-order valence-electron chi connectivity index (χ1n) is 7.30. The molecule has 0 aliphatic carbocycles. The van der Waals surface area contributed by atoms with Crippen LogP contribution >= 0.6 is 0 Å². The molecule has 2 rings (SSSR count). The summed E-state index contributed by atoms with van der Waals surface area (Å²) in [6.07, 6.45) is 3.96.